The first-order valence-electron chi connectivity index (χ1n) is 6.73. The number of fused-ring (bicyclic) bond motifs is 1. The number of imidazole rings is 1. The molecule has 1 aromatic heterocycles. The van der Waals surface area contributed by atoms with Crippen molar-refractivity contribution in [2.24, 2.45) is 0 Å². The predicted molar refractivity (Wildman–Crippen MR) is 74.3 cm³/mol. The highest BCUT2D eigenvalue weighted by Gasteiger charge is 2.37. The number of unbranched alkanes of at least 4 members (excludes halogenated alkanes) is 1. The van der Waals surface area contributed by atoms with Crippen LogP contribution in [0.25, 0.3) is 11.4 Å². The van der Waals surface area contributed by atoms with E-state index in [0.717, 1.165) is 12.8 Å². The molecule has 20 heavy (non-hydrogen) atoms. The molecule has 2 amide bonds. The maximum atomic E-state index is 12.5. The van der Waals surface area contributed by atoms with Gasteiger partial charge in [0.2, 0.25) is 0 Å². The largest absolute Gasteiger partial charge is 0.345 e. The van der Waals surface area contributed by atoms with Crippen LogP contribution in [0.5, 0.6) is 0 Å². The molecule has 5 nitrogen and oxygen atoms in total. The Morgan fingerprint density at radius 3 is 2.70 bits per heavy atom. The van der Waals surface area contributed by atoms with E-state index in [-0.39, 0.29) is 11.8 Å². The van der Waals surface area contributed by atoms with Crippen LogP contribution >= 0.6 is 0 Å². The lowest BCUT2D eigenvalue weighted by atomic mass is 10.0. The molecule has 0 saturated heterocycles. The number of nitrogens with one attached hydrogen (secondary N) is 1. The van der Waals surface area contributed by atoms with E-state index < -0.39 is 0 Å². The Kier molecular flexibility index (Phi) is 3.10. The van der Waals surface area contributed by atoms with Gasteiger partial charge in [0.1, 0.15) is 5.82 Å². The number of carbonyl (C=O) groups is 2. The molecule has 0 radical (unpaired) electrons. The van der Waals surface area contributed by atoms with Gasteiger partial charge in [0.15, 0.2) is 0 Å². The van der Waals surface area contributed by atoms with E-state index in [9.17, 15) is 9.59 Å². The number of carbonyl (C=O) groups excluding carboxylic acids is 2. The summed E-state index contributed by atoms with van der Waals surface area (Å²) in [5.41, 5.74) is 1.62. The Morgan fingerprint density at radius 1 is 1.20 bits per heavy atom. The molecular formula is C15H15N3O2. The van der Waals surface area contributed by atoms with E-state index >= 15 is 0 Å². The van der Waals surface area contributed by atoms with E-state index in [4.69, 9.17) is 0 Å². The number of hydrogen-bond acceptors (Lipinski definition) is 3. The number of aromatic amines is 1. The van der Waals surface area contributed by atoms with E-state index in [1.807, 2.05) is 13.0 Å². The summed E-state index contributed by atoms with van der Waals surface area (Å²) in [6.07, 6.45) is 5.09. The van der Waals surface area contributed by atoms with Gasteiger partial charge in [-0.1, -0.05) is 25.5 Å². The van der Waals surface area contributed by atoms with Crippen LogP contribution in [0.1, 0.15) is 40.5 Å². The van der Waals surface area contributed by atoms with Gasteiger partial charge in [0.05, 0.1) is 11.1 Å². The van der Waals surface area contributed by atoms with Gasteiger partial charge >= 0.3 is 0 Å². The van der Waals surface area contributed by atoms with Crippen molar-refractivity contribution in [3.8, 4) is 11.4 Å². The smallest absolute Gasteiger partial charge is 0.262 e. The molecule has 0 aliphatic carbocycles. The third kappa shape index (κ3) is 1.82. The van der Waals surface area contributed by atoms with Crippen LogP contribution in [0.15, 0.2) is 30.6 Å². The van der Waals surface area contributed by atoms with Crippen molar-refractivity contribution in [1.29, 1.82) is 0 Å². The molecule has 2 heterocycles. The Labute approximate surface area is 116 Å². The van der Waals surface area contributed by atoms with Crippen LogP contribution < -0.4 is 0 Å². The van der Waals surface area contributed by atoms with Gasteiger partial charge in [-0.3, -0.25) is 14.5 Å². The molecule has 1 aliphatic heterocycles. The molecule has 0 unspecified atom stereocenters. The zero-order valence-corrected chi connectivity index (χ0v) is 11.2. The molecule has 0 saturated carbocycles. The van der Waals surface area contributed by atoms with E-state index in [2.05, 4.69) is 9.97 Å². The lowest BCUT2D eigenvalue weighted by molar-refractivity contribution is 0.0652. The zero-order chi connectivity index (χ0) is 14.1. The van der Waals surface area contributed by atoms with Crippen molar-refractivity contribution < 1.29 is 9.59 Å². The third-order valence-electron chi connectivity index (χ3n) is 3.49. The summed E-state index contributed by atoms with van der Waals surface area (Å²) in [7, 11) is 0. The van der Waals surface area contributed by atoms with E-state index in [0.29, 0.717) is 29.1 Å². The average Bonchev–Trinajstić information content (AvgIpc) is 3.07. The maximum Gasteiger partial charge on any atom is 0.262 e. The molecule has 1 N–H and O–H groups in total. The molecule has 1 aliphatic rings. The second-order valence-corrected chi connectivity index (χ2v) is 4.78. The highest BCUT2D eigenvalue weighted by Crippen LogP contribution is 2.31. The molecule has 0 spiro atoms. The SMILES string of the molecule is CCCCN1C(=O)c2cccc(-c3ncc[nH]3)c2C1=O. The van der Waals surface area contributed by atoms with Crippen LogP contribution in [0.3, 0.4) is 0 Å². The van der Waals surface area contributed by atoms with Crippen LogP contribution in [-0.4, -0.2) is 33.2 Å². The van der Waals surface area contributed by atoms with Crippen LogP contribution in [0, 0.1) is 0 Å². The second kappa shape index (κ2) is 4.92. The van der Waals surface area contributed by atoms with Crippen LogP contribution in [0.2, 0.25) is 0 Å². The van der Waals surface area contributed by atoms with E-state index in [1.54, 1.807) is 24.5 Å². The number of H-pyrrole nitrogens is 1. The van der Waals surface area contributed by atoms with Gasteiger partial charge in [0.25, 0.3) is 11.8 Å². The standard InChI is InChI=1S/C15H15N3O2/c1-2-3-9-18-14(19)11-6-4-5-10(12(11)15(18)20)13-16-7-8-17-13/h4-8H,2-3,9H2,1H3,(H,16,17). The minimum Gasteiger partial charge on any atom is -0.345 e. The summed E-state index contributed by atoms with van der Waals surface area (Å²) in [6.45, 7) is 2.51. The average molecular weight is 269 g/mol. The number of nitrogens with zero attached hydrogens (tertiary/aromatic N) is 2. The molecule has 0 fully saturated rings. The number of rotatable bonds is 4. The monoisotopic (exact) mass is 269 g/mol. The molecular weight excluding hydrogens is 254 g/mol. The first kappa shape index (κ1) is 12.6. The first-order valence-corrected chi connectivity index (χ1v) is 6.73. The van der Waals surface area contributed by atoms with Crippen molar-refractivity contribution in [1.82, 2.24) is 14.9 Å². The summed E-state index contributed by atoms with van der Waals surface area (Å²) in [5, 5.41) is 0. The number of aromatic nitrogens is 2. The zero-order valence-electron chi connectivity index (χ0n) is 11.2. The van der Waals surface area contributed by atoms with Crippen molar-refractivity contribution in [2.45, 2.75) is 19.8 Å². The van der Waals surface area contributed by atoms with Crippen molar-refractivity contribution in [2.75, 3.05) is 6.54 Å². The summed E-state index contributed by atoms with van der Waals surface area (Å²) in [6, 6.07) is 5.30. The van der Waals surface area contributed by atoms with E-state index in [1.165, 1.54) is 4.90 Å². The van der Waals surface area contributed by atoms with Gasteiger partial charge in [0, 0.05) is 24.5 Å². The normalized spacial score (nSPS) is 13.9. The van der Waals surface area contributed by atoms with Gasteiger partial charge in [-0.05, 0) is 12.5 Å². The fourth-order valence-corrected chi connectivity index (χ4v) is 2.46. The Hall–Kier alpha value is -2.43. The highest BCUT2D eigenvalue weighted by atomic mass is 16.2. The number of imide groups is 1. The summed E-state index contributed by atoms with van der Waals surface area (Å²) in [5.74, 6) is 0.192. The summed E-state index contributed by atoms with van der Waals surface area (Å²) >= 11 is 0. The molecule has 5 heteroatoms. The lowest BCUT2D eigenvalue weighted by Gasteiger charge is -2.12. The van der Waals surface area contributed by atoms with Crippen LogP contribution in [0.4, 0.5) is 0 Å². The van der Waals surface area contributed by atoms with Crippen molar-refractivity contribution in [3.63, 3.8) is 0 Å². The fourth-order valence-electron chi connectivity index (χ4n) is 2.46. The summed E-state index contributed by atoms with van der Waals surface area (Å²) in [4.78, 5) is 33.3. The molecule has 3 rings (SSSR count). The number of hydrogen-bond donors (Lipinski definition) is 1. The number of benzene rings is 1. The molecule has 102 valence electrons. The minimum atomic E-state index is -0.217. The first-order chi connectivity index (χ1) is 9.74. The quantitative estimate of drug-likeness (QED) is 0.867. The Balaban J connectivity index is 2.07. The Bertz CT molecular complexity index is 662. The Morgan fingerprint density at radius 2 is 2.00 bits per heavy atom. The fraction of sp³-hybridized carbons (Fsp3) is 0.267. The van der Waals surface area contributed by atoms with Gasteiger partial charge in [-0.2, -0.15) is 0 Å². The summed E-state index contributed by atoms with van der Waals surface area (Å²) < 4.78 is 0. The van der Waals surface area contributed by atoms with Crippen LogP contribution in [-0.2, 0) is 0 Å². The number of amides is 2. The van der Waals surface area contributed by atoms with Gasteiger partial charge in [-0.25, -0.2) is 4.98 Å². The second-order valence-electron chi connectivity index (χ2n) is 4.78. The lowest BCUT2D eigenvalue weighted by Crippen LogP contribution is -2.30. The van der Waals surface area contributed by atoms with Gasteiger partial charge in [-0.15, -0.1) is 0 Å². The van der Waals surface area contributed by atoms with Gasteiger partial charge < -0.3 is 4.98 Å². The molecule has 1 aromatic carbocycles. The third-order valence-corrected chi connectivity index (χ3v) is 3.49. The molecule has 2 aromatic rings. The van der Waals surface area contributed by atoms with Crippen molar-refractivity contribution in [3.05, 3.63) is 41.7 Å². The molecule has 0 bridgehead atoms. The molecule has 0 atom stereocenters. The topological polar surface area (TPSA) is 66.1 Å². The minimum absolute atomic E-state index is 0.202. The van der Waals surface area contributed by atoms with Crippen molar-refractivity contribution >= 4 is 11.8 Å². The maximum absolute atomic E-state index is 12.5. The predicted octanol–water partition coefficient (Wildman–Crippen LogP) is 2.47. The highest BCUT2D eigenvalue weighted by molar-refractivity contribution is 6.23.